The first-order valence-corrected chi connectivity index (χ1v) is 6.61. The number of hydrogen-bond acceptors (Lipinski definition) is 2. The Kier molecular flexibility index (Phi) is 4.65. The Morgan fingerprint density at radius 1 is 1.30 bits per heavy atom. The zero-order valence-electron chi connectivity index (χ0n) is 10.9. The molecule has 0 saturated carbocycles. The van der Waals surface area contributed by atoms with Crippen molar-refractivity contribution in [1.82, 2.24) is 4.90 Å². The Hall–Kier alpha value is -1.56. The van der Waals surface area contributed by atoms with E-state index >= 15 is 0 Å². The van der Waals surface area contributed by atoms with Gasteiger partial charge in [0.2, 0.25) is 0 Å². The van der Waals surface area contributed by atoms with Crippen LogP contribution in [0.1, 0.15) is 36.0 Å². The van der Waals surface area contributed by atoms with E-state index in [0.29, 0.717) is 19.4 Å². The van der Waals surface area contributed by atoms with Crippen molar-refractivity contribution < 1.29 is 23.1 Å². The summed E-state index contributed by atoms with van der Waals surface area (Å²) in [6, 6.07) is 1.64. The first kappa shape index (κ1) is 14.8. The Morgan fingerprint density at radius 2 is 2.05 bits per heavy atom. The summed E-state index contributed by atoms with van der Waals surface area (Å²) >= 11 is 0. The maximum absolute atomic E-state index is 13.6. The van der Waals surface area contributed by atoms with E-state index < -0.39 is 28.9 Å². The molecule has 0 spiro atoms. The third kappa shape index (κ3) is 2.80. The van der Waals surface area contributed by atoms with Gasteiger partial charge in [0, 0.05) is 19.2 Å². The van der Waals surface area contributed by atoms with Crippen LogP contribution in [-0.4, -0.2) is 35.1 Å². The molecule has 0 aliphatic carbocycles. The lowest BCUT2D eigenvalue weighted by Gasteiger charge is -2.24. The molecule has 1 aliphatic rings. The van der Waals surface area contributed by atoms with Crippen molar-refractivity contribution in [3.8, 4) is 0 Å². The monoisotopic (exact) mass is 287 g/mol. The molecule has 0 aromatic heterocycles. The first-order chi connectivity index (χ1) is 9.56. The van der Waals surface area contributed by atoms with E-state index in [0.717, 1.165) is 25.0 Å². The Morgan fingerprint density at radius 3 is 2.75 bits per heavy atom. The van der Waals surface area contributed by atoms with E-state index in [9.17, 15) is 18.0 Å². The largest absolute Gasteiger partial charge is 0.396 e. The van der Waals surface area contributed by atoms with Gasteiger partial charge in [-0.1, -0.05) is 0 Å². The van der Waals surface area contributed by atoms with E-state index in [4.69, 9.17) is 5.11 Å². The van der Waals surface area contributed by atoms with Crippen LogP contribution < -0.4 is 0 Å². The van der Waals surface area contributed by atoms with Crippen LogP contribution in [0.25, 0.3) is 0 Å². The third-order valence-electron chi connectivity index (χ3n) is 3.60. The number of rotatable bonds is 4. The van der Waals surface area contributed by atoms with Crippen LogP contribution in [0.5, 0.6) is 0 Å². The number of aliphatic hydroxyl groups is 1. The van der Waals surface area contributed by atoms with Gasteiger partial charge in [-0.15, -0.1) is 0 Å². The number of carbonyl (C=O) groups is 1. The summed E-state index contributed by atoms with van der Waals surface area (Å²) in [5.41, 5.74) is -0.445. The molecule has 20 heavy (non-hydrogen) atoms. The highest BCUT2D eigenvalue weighted by Crippen LogP contribution is 2.25. The van der Waals surface area contributed by atoms with Gasteiger partial charge in [-0.3, -0.25) is 4.79 Å². The molecule has 3 nitrogen and oxygen atoms in total. The molecule has 1 N–H and O–H groups in total. The van der Waals surface area contributed by atoms with Crippen molar-refractivity contribution in [2.75, 3.05) is 13.2 Å². The minimum absolute atomic E-state index is 0.0259. The SMILES string of the molecule is O=C(c1ccc(F)c(F)c1F)N1CCCC1CCCO. The highest BCUT2D eigenvalue weighted by Gasteiger charge is 2.31. The van der Waals surface area contributed by atoms with Crippen LogP contribution in [0.15, 0.2) is 12.1 Å². The van der Waals surface area contributed by atoms with Gasteiger partial charge in [-0.25, -0.2) is 13.2 Å². The van der Waals surface area contributed by atoms with Gasteiger partial charge < -0.3 is 10.0 Å². The van der Waals surface area contributed by atoms with Crippen LogP contribution in [0.3, 0.4) is 0 Å². The number of hydrogen-bond donors (Lipinski definition) is 1. The summed E-state index contributed by atoms with van der Waals surface area (Å²) in [7, 11) is 0. The molecule has 0 bridgehead atoms. The van der Waals surface area contributed by atoms with Crippen LogP contribution in [0, 0.1) is 17.5 Å². The lowest BCUT2D eigenvalue weighted by Crippen LogP contribution is -2.36. The minimum atomic E-state index is -1.62. The molecular formula is C14H16F3NO2. The quantitative estimate of drug-likeness (QED) is 0.864. The standard InChI is InChI=1S/C14H16F3NO2/c15-11-6-5-10(12(16)13(11)17)14(20)18-7-1-3-9(18)4-2-8-19/h5-6,9,19H,1-4,7-8H2. The number of amides is 1. The fraction of sp³-hybridized carbons (Fsp3) is 0.500. The number of halogens is 3. The highest BCUT2D eigenvalue weighted by molar-refractivity contribution is 5.94. The summed E-state index contributed by atoms with van der Waals surface area (Å²) < 4.78 is 39.7. The second-order valence-electron chi connectivity index (χ2n) is 4.88. The van der Waals surface area contributed by atoms with E-state index in [1.54, 1.807) is 0 Å². The molecule has 1 amide bonds. The Balaban J connectivity index is 2.20. The molecule has 1 saturated heterocycles. The molecule has 1 aliphatic heterocycles. The summed E-state index contributed by atoms with van der Waals surface area (Å²) in [6.45, 7) is 0.492. The number of nitrogens with zero attached hydrogens (tertiary/aromatic N) is 1. The second kappa shape index (κ2) is 6.26. The smallest absolute Gasteiger partial charge is 0.257 e. The molecule has 1 aromatic rings. The van der Waals surface area contributed by atoms with Crippen LogP contribution in [0.4, 0.5) is 13.2 Å². The maximum atomic E-state index is 13.6. The number of carbonyl (C=O) groups excluding carboxylic acids is 1. The average Bonchev–Trinajstić information content (AvgIpc) is 2.90. The molecule has 6 heteroatoms. The Bertz CT molecular complexity index is 507. The molecule has 1 fully saturated rings. The van der Waals surface area contributed by atoms with Gasteiger partial charge in [-0.2, -0.15) is 0 Å². The predicted molar refractivity (Wildman–Crippen MR) is 66.7 cm³/mol. The lowest BCUT2D eigenvalue weighted by molar-refractivity contribution is 0.0718. The van der Waals surface area contributed by atoms with Gasteiger partial charge in [0.05, 0.1) is 5.56 Å². The number of likely N-dealkylation sites (tertiary alicyclic amines) is 1. The van der Waals surface area contributed by atoms with Crippen molar-refractivity contribution >= 4 is 5.91 Å². The van der Waals surface area contributed by atoms with Gasteiger partial charge in [0.25, 0.3) is 5.91 Å². The summed E-state index contributed by atoms with van der Waals surface area (Å²) in [4.78, 5) is 13.7. The van der Waals surface area contributed by atoms with Crippen LogP contribution >= 0.6 is 0 Å². The van der Waals surface area contributed by atoms with E-state index in [1.165, 1.54) is 4.90 Å². The summed E-state index contributed by atoms with van der Waals surface area (Å²) in [5, 5.41) is 8.82. The van der Waals surface area contributed by atoms with Gasteiger partial charge >= 0.3 is 0 Å². The fourth-order valence-corrected chi connectivity index (χ4v) is 2.58. The molecule has 0 radical (unpaired) electrons. The zero-order chi connectivity index (χ0) is 14.7. The third-order valence-corrected chi connectivity index (χ3v) is 3.60. The second-order valence-corrected chi connectivity index (χ2v) is 4.88. The van der Waals surface area contributed by atoms with E-state index in [-0.39, 0.29) is 12.6 Å². The molecule has 1 unspecified atom stereocenters. The molecule has 2 rings (SSSR count). The van der Waals surface area contributed by atoms with Crippen molar-refractivity contribution in [2.45, 2.75) is 31.7 Å². The molecule has 1 aromatic carbocycles. The molecule has 1 atom stereocenters. The molecule has 1 heterocycles. The lowest BCUT2D eigenvalue weighted by atomic mass is 10.1. The van der Waals surface area contributed by atoms with Crippen LogP contribution in [-0.2, 0) is 0 Å². The van der Waals surface area contributed by atoms with Crippen molar-refractivity contribution in [3.63, 3.8) is 0 Å². The van der Waals surface area contributed by atoms with Gasteiger partial charge in [-0.05, 0) is 37.8 Å². The first-order valence-electron chi connectivity index (χ1n) is 6.61. The normalized spacial score (nSPS) is 18.6. The maximum Gasteiger partial charge on any atom is 0.257 e. The van der Waals surface area contributed by atoms with Crippen molar-refractivity contribution in [3.05, 3.63) is 35.1 Å². The predicted octanol–water partition coefficient (Wildman–Crippen LogP) is 2.48. The van der Waals surface area contributed by atoms with Gasteiger partial charge in [0.15, 0.2) is 17.5 Å². The topological polar surface area (TPSA) is 40.5 Å². The zero-order valence-corrected chi connectivity index (χ0v) is 10.9. The highest BCUT2D eigenvalue weighted by atomic mass is 19.2. The van der Waals surface area contributed by atoms with Gasteiger partial charge in [0.1, 0.15) is 0 Å². The fourth-order valence-electron chi connectivity index (χ4n) is 2.58. The summed E-state index contributed by atoms with van der Waals surface area (Å²) in [6.07, 6.45) is 2.73. The van der Waals surface area contributed by atoms with Crippen molar-refractivity contribution in [1.29, 1.82) is 0 Å². The van der Waals surface area contributed by atoms with Crippen molar-refractivity contribution in [2.24, 2.45) is 0 Å². The molecular weight excluding hydrogens is 271 g/mol. The van der Waals surface area contributed by atoms with E-state index in [2.05, 4.69) is 0 Å². The number of aliphatic hydroxyl groups excluding tert-OH is 1. The molecule has 110 valence electrons. The summed E-state index contributed by atoms with van der Waals surface area (Å²) in [5.74, 6) is -5.00. The number of benzene rings is 1. The average molecular weight is 287 g/mol. The Labute approximate surface area is 115 Å². The van der Waals surface area contributed by atoms with E-state index in [1.807, 2.05) is 0 Å². The minimum Gasteiger partial charge on any atom is -0.396 e. The van der Waals surface area contributed by atoms with Crippen LogP contribution in [0.2, 0.25) is 0 Å².